The predicted octanol–water partition coefficient (Wildman–Crippen LogP) is 4.15. The normalized spacial score (nSPS) is 12.0. The van der Waals surface area contributed by atoms with Gasteiger partial charge in [0.15, 0.2) is 5.78 Å². The molecular formula is C22H24N2O5S. The van der Waals surface area contributed by atoms with Crippen molar-refractivity contribution >= 4 is 38.2 Å². The topological polar surface area (TPSA) is 105 Å². The van der Waals surface area contributed by atoms with E-state index < -0.39 is 20.4 Å². The van der Waals surface area contributed by atoms with Crippen LogP contribution in [-0.2, 0) is 16.6 Å². The number of benzene rings is 2. The van der Waals surface area contributed by atoms with Crippen LogP contribution in [0.5, 0.6) is 0 Å². The van der Waals surface area contributed by atoms with Crippen LogP contribution in [0.2, 0.25) is 0 Å². The van der Waals surface area contributed by atoms with E-state index in [0.717, 1.165) is 11.3 Å². The molecule has 0 unspecified atom stereocenters. The maximum atomic E-state index is 12.2. The minimum atomic E-state index is -3.47. The number of Topliss-reactive ketones (excluding diaryl/α,β-unsaturated/α-hetero) is 1. The number of fused-ring (bicyclic) bond motifs is 1. The van der Waals surface area contributed by atoms with E-state index in [4.69, 9.17) is 4.42 Å². The van der Waals surface area contributed by atoms with Crippen molar-refractivity contribution < 1.29 is 17.6 Å². The molecule has 0 aliphatic rings. The van der Waals surface area contributed by atoms with E-state index in [1.807, 2.05) is 12.1 Å². The zero-order chi connectivity index (χ0) is 22.1. The molecule has 0 fully saturated rings. The number of anilines is 2. The highest BCUT2D eigenvalue weighted by atomic mass is 32.2. The van der Waals surface area contributed by atoms with E-state index >= 15 is 0 Å². The first-order valence-electron chi connectivity index (χ1n) is 9.40. The molecule has 30 heavy (non-hydrogen) atoms. The summed E-state index contributed by atoms with van der Waals surface area (Å²) in [5.74, 6) is -0.341. The summed E-state index contributed by atoms with van der Waals surface area (Å²) < 4.78 is 31.4. The van der Waals surface area contributed by atoms with Crippen molar-refractivity contribution in [3.8, 4) is 0 Å². The smallest absolute Gasteiger partial charge is 0.347 e. The Morgan fingerprint density at radius 3 is 2.23 bits per heavy atom. The van der Waals surface area contributed by atoms with Crippen molar-refractivity contribution in [3.63, 3.8) is 0 Å². The summed E-state index contributed by atoms with van der Waals surface area (Å²) in [4.78, 5) is 23.3. The van der Waals surface area contributed by atoms with E-state index in [1.165, 1.54) is 13.0 Å². The maximum Gasteiger partial charge on any atom is 0.347 e. The average molecular weight is 429 g/mol. The van der Waals surface area contributed by atoms with Crippen LogP contribution in [0, 0.1) is 0 Å². The van der Waals surface area contributed by atoms with Crippen LogP contribution in [0.15, 0.2) is 57.7 Å². The third-order valence-corrected chi connectivity index (χ3v) is 6.74. The van der Waals surface area contributed by atoms with Crippen LogP contribution in [0.1, 0.15) is 43.6 Å². The van der Waals surface area contributed by atoms with Gasteiger partial charge in [0.1, 0.15) is 11.1 Å². The van der Waals surface area contributed by atoms with Gasteiger partial charge in [0.25, 0.3) is 0 Å². The minimum Gasteiger partial charge on any atom is -0.422 e. The molecule has 3 aromatic rings. The summed E-state index contributed by atoms with van der Waals surface area (Å²) in [6.45, 7) is 6.75. The van der Waals surface area contributed by atoms with Gasteiger partial charge in [-0.1, -0.05) is 12.1 Å². The lowest BCUT2D eigenvalue weighted by Crippen LogP contribution is -2.33. The van der Waals surface area contributed by atoms with E-state index in [1.54, 1.807) is 51.1 Å². The summed E-state index contributed by atoms with van der Waals surface area (Å²) in [5.41, 5.74) is 2.05. The van der Waals surface area contributed by atoms with Gasteiger partial charge in [0, 0.05) is 23.3 Å². The highest BCUT2D eigenvalue weighted by Crippen LogP contribution is 2.22. The second-order valence-electron chi connectivity index (χ2n) is 8.02. The molecule has 0 amide bonds. The Morgan fingerprint density at radius 2 is 1.63 bits per heavy atom. The first-order valence-corrected chi connectivity index (χ1v) is 10.9. The maximum absolute atomic E-state index is 12.2. The van der Waals surface area contributed by atoms with Crippen molar-refractivity contribution in [3.05, 3.63) is 70.1 Å². The van der Waals surface area contributed by atoms with Crippen LogP contribution in [0.3, 0.4) is 0 Å². The monoisotopic (exact) mass is 428 g/mol. The summed E-state index contributed by atoms with van der Waals surface area (Å²) in [5, 5.41) is 3.91. The standard InChI is InChI=1S/C22H24N2O5S/c1-14(25)19-12-16-11-18(9-10-20(16)29-21(19)26)23-13-15-5-7-17(8-6-15)24-30(27,28)22(2,3)4/h5-12,23-24H,13H2,1-4H3. The fourth-order valence-electron chi connectivity index (χ4n) is 2.68. The Kier molecular flexibility index (Phi) is 5.72. The number of rotatable bonds is 6. The Hall–Kier alpha value is -3.13. The van der Waals surface area contributed by atoms with Crippen LogP contribution in [0.4, 0.5) is 11.4 Å². The molecule has 0 aliphatic carbocycles. The van der Waals surface area contributed by atoms with Gasteiger partial charge in [0.2, 0.25) is 10.0 Å². The Labute approximate surface area is 175 Å². The number of nitrogens with one attached hydrogen (secondary N) is 2. The molecule has 0 aliphatic heterocycles. The van der Waals surface area contributed by atoms with Gasteiger partial charge in [-0.3, -0.25) is 9.52 Å². The molecule has 0 atom stereocenters. The lowest BCUT2D eigenvalue weighted by atomic mass is 10.1. The van der Waals surface area contributed by atoms with Crippen molar-refractivity contribution in [1.82, 2.24) is 0 Å². The average Bonchev–Trinajstić information content (AvgIpc) is 2.65. The summed E-state index contributed by atoms with van der Waals surface area (Å²) >= 11 is 0. The van der Waals surface area contributed by atoms with Gasteiger partial charge in [-0.15, -0.1) is 0 Å². The van der Waals surface area contributed by atoms with Crippen LogP contribution in [-0.4, -0.2) is 18.9 Å². The predicted molar refractivity (Wildman–Crippen MR) is 119 cm³/mol. The summed E-state index contributed by atoms with van der Waals surface area (Å²) in [6.07, 6.45) is 0. The van der Waals surface area contributed by atoms with Crippen molar-refractivity contribution in [2.75, 3.05) is 10.0 Å². The Morgan fingerprint density at radius 1 is 1.00 bits per heavy atom. The number of carbonyl (C=O) groups excluding carboxylic acids is 1. The third-order valence-electron chi connectivity index (χ3n) is 4.62. The zero-order valence-electron chi connectivity index (χ0n) is 17.3. The first-order chi connectivity index (χ1) is 14.0. The number of ketones is 1. The molecule has 0 spiro atoms. The lowest BCUT2D eigenvalue weighted by Gasteiger charge is -2.20. The van der Waals surface area contributed by atoms with Crippen molar-refractivity contribution in [2.45, 2.75) is 39.0 Å². The molecule has 0 saturated heterocycles. The van der Waals surface area contributed by atoms with E-state index in [0.29, 0.717) is 23.2 Å². The highest BCUT2D eigenvalue weighted by molar-refractivity contribution is 7.94. The van der Waals surface area contributed by atoms with E-state index in [2.05, 4.69) is 10.0 Å². The van der Waals surface area contributed by atoms with Gasteiger partial charge in [-0.2, -0.15) is 0 Å². The quantitative estimate of drug-likeness (QED) is 0.451. The first kappa shape index (κ1) is 21.6. The number of hydrogen-bond donors (Lipinski definition) is 2. The Bertz CT molecular complexity index is 1250. The molecular weight excluding hydrogens is 404 g/mol. The fraction of sp³-hybridized carbons (Fsp3) is 0.273. The van der Waals surface area contributed by atoms with E-state index in [-0.39, 0.29) is 11.3 Å². The highest BCUT2D eigenvalue weighted by Gasteiger charge is 2.28. The van der Waals surface area contributed by atoms with Gasteiger partial charge >= 0.3 is 5.63 Å². The number of hydrogen-bond acceptors (Lipinski definition) is 6. The molecule has 1 aromatic heterocycles. The molecule has 0 radical (unpaired) electrons. The second-order valence-corrected chi connectivity index (χ2v) is 10.5. The molecule has 1 heterocycles. The van der Waals surface area contributed by atoms with Crippen LogP contribution in [0.25, 0.3) is 11.0 Å². The summed E-state index contributed by atoms with van der Waals surface area (Å²) in [7, 11) is -3.47. The molecule has 8 heteroatoms. The van der Waals surface area contributed by atoms with Crippen molar-refractivity contribution in [1.29, 1.82) is 0 Å². The zero-order valence-corrected chi connectivity index (χ0v) is 18.1. The molecule has 0 bridgehead atoms. The fourth-order valence-corrected chi connectivity index (χ4v) is 3.43. The van der Waals surface area contributed by atoms with Gasteiger partial charge < -0.3 is 9.73 Å². The molecule has 158 valence electrons. The van der Waals surface area contributed by atoms with Gasteiger partial charge in [0.05, 0.1) is 4.75 Å². The molecule has 7 nitrogen and oxygen atoms in total. The van der Waals surface area contributed by atoms with E-state index in [9.17, 15) is 18.0 Å². The largest absolute Gasteiger partial charge is 0.422 e. The molecule has 2 aromatic carbocycles. The number of carbonyl (C=O) groups is 1. The van der Waals surface area contributed by atoms with Crippen LogP contribution >= 0.6 is 0 Å². The SMILES string of the molecule is CC(=O)c1cc2cc(NCc3ccc(NS(=O)(=O)C(C)(C)C)cc3)ccc2oc1=O. The van der Waals surface area contributed by atoms with Gasteiger partial charge in [-0.25, -0.2) is 13.2 Å². The minimum absolute atomic E-state index is 0.0212. The molecule has 0 saturated carbocycles. The summed E-state index contributed by atoms with van der Waals surface area (Å²) in [6, 6.07) is 13.9. The van der Waals surface area contributed by atoms with Gasteiger partial charge in [-0.05, 0) is 69.7 Å². The lowest BCUT2D eigenvalue weighted by molar-refractivity contribution is 0.101. The second kappa shape index (κ2) is 7.95. The Balaban J connectivity index is 1.72. The molecule has 2 N–H and O–H groups in total. The molecule has 3 rings (SSSR count). The van der Waals surface area contributed by atoms with Crippen LogP contribution < -0.4 is 15.7 Å². The van der Waals surface area contributed by atoms with Crippen molar-refractivity contribution in [2.24, 2.45) is 0 Å². The third kappa shape index (κ3) is 4.71. The number of sulfonamides is 1.